The molecule has 0 saturated heterocycles. The van der Waals surface area contributed by atoms with Crippen LogP contribution in [0.1, 0.15) is 5.56 Å². The third-order valence-electron chi connectivity index (χ3n) is 2.19. The van der Waals surface area contributed by atoms with Gasteiger partial charge in [-0.3, -0.25) is 4.79 Å². The minimum Gasteiger partial charge on any atom is -0.468 e. The monoisotopic (exact) mass is 331 g/mol. The molecule has 20 heavy (non-hydrogen) atoms. The summed E-state index contributed by atoms with van der Waals surface area (Å²) in [6.07, 6.45) is -4.79. The highest BCUT2D eigenvalue weighted by Crippen LogP contribution is 2.35. The van der Waals surface area contributed by atoms with Gasteiger partial charge in [0.2, 0.25) is 10.0 Å². The highest BCUT2D eigenvalue weighted by molar-refractivity contribution is 7.89. The van der Waals surface area contributed by atoms with Crippen molar-refractivity contribution in [3.05, 3.63) is 28.8 Å². The fourth-order valence-corrected chi connectivity index (χ4v) is 2.42. The second-order valence-corrected chi connectivity index (χ2v) is 5.71. The number of rotatable bonds is 4. The second kappa shape index (κ2) is 5.98. The minimum atomic E-state index is -4.79. The number of benzene rings is 1. The Kier molecular flexibility index (Phi) is 5.00. The summed E-state index contributed by atoms with van der Waals surface area (Å²) in [4.78, 5) is 10.2. The van der Waals surface area contributed by atoms with Crippen molar-refractivity contribution in [2.75, 3.05) is 13.7 Å². The largest absolute Gasteiger partial charge is 0.468 e. The van der Waals surface area contributed by atoms with Crippen LogP contribution >= 0.6 is 11.6 Å². The molecule has 1 N–H and O–H groups in total. The molecule has 0 atom stereocenters. The van der Waals surface area contributed by atoms with Gasteiger partial charge in [-0.1, -0.05) is 11.6 Å². The van der Waals surface area contributed by atoms with Gasteiger partial charge in [-0.25, -0.2) is 8.42 Å². The number of sulfonamides is 1. The standard InChI is InChI=1S/C10H9ClF3NO4S/c1-19-9(16)5-15-20(17,18)6-2-3-8(11)7(4-6)10(12,13)14/h2-4,15H,5H2,1H3. The van der Waals surface area contributed by atoms with E-state index in [1.54, 1.807) is 0 Å². The summed E-state index contributed by atoms with van der Waals surface area (Å²) in [5, 5.41) is -0.621. The van der Waals surface area contributed by atoms with E-state index < -0.39 is 44.2 Å². The van der Waals surface area contributed by atoms with Crippen LogP contribution in [0.3, 0.4) is 0 Å². The number of alkyl halides is 3. The Balaban J connectivity index is 3.11. The summed E-state index contributed by atoms with van der Waals surface area (Å²) in [6, 6.07) is 2.11. The van der Waals surface area contributed by atoms with Crippen LogP contribution < -0.4 is 4.72 Å². The fraction of sp³-hybridized carbons (Fsp3) is 0.300. The Morgan fingerprint density at radius 2 is 2.00 bits per heavy atom. The summed E-state index contributed by atoms with van der Waals surface area (Å²) in [6.45, 7) is -0.692. The van der Waals surface area contributed by atoms with Crippen LogP contribution in [-0.4, -0.2) is 28.0 Å². The normalized spacial score (nSPS) is 12.2. The van der Waals surface area contributed by atoms with Crippen molar-refractivity contribution in [1.29, 1.82) is 0 Å². The van der Waals surface area contributed by atoms with E-state index >= 15 is 0 Å². The molecule has 1 rings (SSSR count). The summed E-state index contributed by atoms with van der Waals surface area (Å²) in [5.41, 5.74) is -1.28. The highest BCUT2D eigenvalue weighted by Gasteiger charge is 2.34. The molecule has 0 spiro atoms. The van der Waals surface area contributed by atoms with Crippen LogP contribution in [0.25, 0.3) is 0 Å². The number of carbonyl (C=O) groups excluding carboxylic acids is 1. The van der Waals surface area contributed by atoms with Gasteiger partial charge in [0.1, 0.15) is 6.54 Å². The van der Waals surface area contributed by atoms with Gasteiger partial charge in [0.05, 0.1) is 22.6 Å². The lowest BCUT2D eigenvalue weighted by Gasteiger charge is -2.11. The molecule has 1 aromatic rings. The zero-order valence-electron chi connectivity index (χ0n) is 9.99. The van der Waals surface area contributed by atoms with Gasteiger partial charge in [-0.15, -0.1) is 0 Å². The number of esters is 1. The molecule has 10 heteroatoms. The Labute approximate surface area is 117 Å². The van der Waals surface area contributed by atoms with Gasteiger partial charge in [-0.05, 0) is 18.2 Å². The van der Waals surface area contributed by atoms with Gasteiger partial charge in [-0.2, -0.15) is 17.9 Å². The van der Waals surface area contributed by atoms with Crippen LogP contribution in [0.5, 0.6) is 0 Å². The molecule has 0 radical (unpaired) electrons. The predicted octanol–water partition coefficient (Wildman–Crippen LogP) is 1.81. The molecule has 0 bridgehead atoms. The van der Waals surface area contributed by atoms with E-state index in [0.717, 1.165) is 19.2 Å². The Morgan fingerprint density at radius 1 is 1.40 bits per heavy atom. The van der Waals surface area contributed by atoms with Crippen molar-refractivity contribution in [1.82, 2.24) is 4.72 Å². The zero-order valence-corrected chi connectivity index (χ0v) is 11.6. The first-order chi connectivity index (χ1) is 9.08. The summed E-state index contributed by atoms with van der Waals surface area (Å²) >= 11 is 5.37. The van der Waals surface area contributed by atoms with Crippen molar-refractivity contribution in [2.45, 2.75) is 11.1 Å². The number of methoxy groups -OCH3 is 1. The molecule has 5 nitrogen and oxygen atoms in total. The van der Waals surface area contributed by atoms with E-state index in [9.17, 15) is 26.4 Å². The van der Waals surface area contributed by atoms with Gasteiger partial charge >= 0.3 is 12.1 Å². The number of ether oxygens (including phenoxy) is 1. The molecule has 0 fully saturated rings. The first-order valence-corrected chi connectivity index (χ1v) is 6.87. The van der Waals surface area contributed by atoms with Crippen molar-refractivity contribution >= 4 is 27.6 Å². The molecule has 0 amide bonds. The number of halogens is 4. The van der Waals surface area contributed by atoms with Crippen LogP contribution in [0.2, 0.25) is 5.02 Å². The Bertz CT molecular complexity index is 615. The van der Waals surface area contributed by atoms with E-state index in [1.807, 2.05) is 4.72 Å². The molecule has 0 aliphatic carbocycles. The van der Waals surface area contributed by atoms with Crippen molar-refractivity contribution in [2.24, 2.45) is 0 Å². The van der Waals surface area contributed by atoms with E-state index in [4.69, 9.17) is 11.6 Å². The average molecular weight is 332 g/mol. The number of nitrogens with one attached hydrogen (secondary N) is 1. The van der Waals surface area contributed by atoms with Crippen LogP contribution in [0, 0.1) is 0 Å². The molecule has 0 aromatic heterocycles. The maximum atomic E-state index is 12.6. The molecule has 0 saturated carbocycles. The lowest BCUT2D eigenvalue weighted by Crippen LogP contribution is -2.30. The van der Waals surface area contributed by atoms with Crippen molar-refractivity contribution < 1.29 is 31.1 Å². The van der Waals surface area contributed by atoms with Crippen molar-refractivity contribution in [3.63, 3.8) is 0 Å². The molecule has 0 aliphatic rings. The Morgan fingerprint density at radius 3 is 2.50 bits per heavy atom. The second-order valence-electron chi connectivity index (χ2n) is 3.54. The summed E-state index contributed by atoms with van der Waals surface area (Å²) < 4.78 is 67.3. The van der Waals surface area contributed by atoms with E-state index in [0.29, 0.717) is 6.07 Å². The SMILES string of the molecule is COC(=O)CNS(=O)(=O)c1ccc(Cl)c(C(F)(F)F)c1. The fourth-order valence-electron chi connectivity index (χ4n) is 1.20. The maximum absolute atomic E-state index is 12.6. The molecule has 112 valence electrons. The smallest absolute Gasteiger partial charge is 0.417 e. The molecule has 0 aliphatic heterocycles. The van der Waals surface area contributed by atoms with E-state index in [1.165, 1.54) is 0 Å². The highest BCUT2D eigenvalue weighted by atomic mass is 35.5. The first-order valence-electron chi connectivity index (χ1n) is 5.01. The zero-order chi connectivity index (χ0) is 15.6. The quantitative estimate of drug-likeness (QED) is 0.854. The van der Waals surface area contributed by atoms with Crippen LogP contribution in [0.4, 0.5) is 13.2 Å². The van der Waals surface area contributed by atoms with Crippen molar-refractivity contribution in [3.8, 4) is 0 Å². The lowest BCUT2D eigenvalue weighted by atomic mass is 10.2. The number of carbonyl (C=O) groups is 1. The number of hydrogen-bond donors (Lipinski definition) is 1. The van der Waals surface area contributed by atoms with E-state index in [-0.39, 0.29) is 0 Å². The summed E-state index contributed by atoms with van der Waals surface area (Å²) in [7, 11) is -3.23. The predicted molar refractivity (Wildman–Crippen MR) is 63.7 cm³/mol. The van der Waals surface area contributed by atoms with E-state index in [2.05, 4.69) is 4.74 Å². The van der Waals surface area contributed by atoms with Crippen LogP contribution in [-0.2, 0) is 25.7 Å². The molecule has 0 heterocycles. The lowest BCUT2D eigenvalue weighted by molar-refractivity contribution is -0.139. The van der Waals surface area contributed by atoms with Gasteiger partial charge in [0.15, 0.2) is 0 Å². The number of hydrogen-bond acceptors (Lipinski definition) is 4. The molecular formula is C10H9ClF3NO4S. The first kappa shape index (κ1) is 16.7. The van der Waals surface area contributed by atoms with Gasteiger partial charge < -0.3 is 4.74 Å². The maximum Gasteiger partial charge on any atom is 0.417 e. The third kappa shape index (κ3) is 4.09. The van der Waals surface area contributed by atoms with Gasteiger partial charge in [0.25, 0.3) is 0 Å². The molecule has 0 unspecified atom stereocenters. The van der Waals surface area contributed by atoms with Crippen LogP contribution in [0.15, 0.2) is 23.1 Å². The third-order valence-corrected chi connectivity index (χ3v) is 3.92. The topological polar surface area (TPSA) is 72.5 Å². The molecule has 1 aromatic carbocycles. The van der Waals surface area contributed by atoms with Gasteiger partial charge in [0, 0.05) is 0 Å². The minimum absolute atomic E-state index is 0.391. The average Bonchev–Trinajstić information content (AvgIpc) is 2.34. The molecular weight excluding hydrogens is 323 g/mol. The summed E-state index contributed by atoms with van der Waals surface area (Å²) in [5.74, 6) is -0.876. The Hall–Kier alpha value is -1.32.